The number of aromatic nitrogens is 3. The number of hydrogen-bond acceptors (Lipinski definition) is 5. The second kappa shape index (κ2) is 6.93. The van der Waals surface area contributed by atoms with Crippen LogP contribution in [0.15, 0.2) is 36.7 Å². The fourth-order valence-corrected chi connectivity index (χ4v) is 4.36. The van der Waals surface area contributed by atoms with Crippen molar-refractivity contribution in [1.82, 2.24) is 15.0 Å². The third kappa shape index (κ3) is 3.14. The summed E-state index contributed by atoms with van der Waals surface area (Å²) < 4.78 is 29.3. The molecule has 7 nitrogen and oxygen atoms in total. The minimum Gasteiger partial charge on any atom is -0.361 e. The van der Waals surface area contributed by atoms with Gasteiger partial charge in [0.2, 0.25) is 5.95 Å². The van der Waals surface area contributed by atoms with Crippen molar-refractivity contribution in [3.63, 3.8) is 0 Å². The predicted molar refractivity (Wildman–Crippen MR) is 112 cm³/mol. The molecule has 30 heavy (non-hydrogen) atoms. The Balaban J connectivity index is 1.54. The van der Waals surface area contributed by atoms with E-state index in [0.29, 0.717) is 17.5 Å². The Labute approximate surface area is 172 Å². The zero-order valence-electron chi connectivity index (χ0n) is 16.5. The molecule has 2 N–H and O–H groups in total. The molecule has 9 heteroatoms. The van der Waals surface area contributed by atoms with Gasteiger partial charge in [-0.15, -0.1) is 0 Å². The summed E-state index contributed by atoms with van der Waals surface area (Å²) in [4.78, 5) is 26.9. The average molecular weight is 412 g/mol. The first-order valence-electron chi connectivity index (χ1n) is 10.1. The number of alkyl halides is 2. The molecule has 1 fully saturated rings. The van der Waals surface area contributed by atoms with Crippen molar-refractivity contribution in [3.05, 3.63) is 36.7 Å². The number of H-pyrrole nitrogens is 1. The summed E-state index contributed by atoms with van der Waals surface area (Å²) >= 11 is 0. The van der Waals surface area contributed by atoms with E-state index < -0.39 is 18.4 Å². The van der Waals surface area contributed by atoms with Crippen LogP contribution in [0.4, 0.5) is 31.9 Å². The second-order valence-electron chi connectivity index (χ2n) is 7.94. The molecule has 0 radical (unpaired) electrons. The molecule has 1 aliphatic carbocycles. The lowest BCUT2D eigenvalue weighted by Gasteiger charge is -2.31. The first-order valence-corrected chi connectivity index (χ1v) is 10.1. The molecule has 156 valence electrons. The number of halogens is 2. The number of hydrogen-bond donors (Lipinski definition) is 2. The summed E-state index contributed by atoms with van der Waals surface area (Å²) in [5.41, 5.74) is 2.10. The molecule has 1 aliphatic heterocycles. The molecule has 2 aromatic heterocycles. The number of nitrogens with one attached hydrogen (secondary N) is 2. The van der Waals surface area contributed by atoms with Gasteiger partial charge < -0.3 is 20.1 Å². The maximum atomic E-state index is 14.6. The van der Waals surface area contributed by atoms with E-state index in [1.54, 1.807) is 4.90 Å². The van der Waals surface area contributed by atoms with Gasteiger partial charge in [0.1, 0.15) is 5.69 Å². The standard InChI is InChI=1S/C21H22F2N6O/c1-28-17-11-25-20(26-14-6-7-16-13(10-14)8-9-24-16)27-18(17)29(15-4-2-3-5-15)12-21(22,23)19(28)30/h6-11,15,24H,2-5,12H2,1H3,(H,25,26,27). The third-order valence-electron chi connectivity index (χ3n) is 5.94. The Morgan fingerprint density at radius 1 is 1.23 bits per heavy atom. The molecular formula is C21H22F2N6O. The van der Waals surface area contributed by atoms with E-state index in [-0.39, 0.29) is 6.04 Å². The number of fused-ring (bicyclic) bond motifs is 2. The van der Waals surface area contributed by atoms with Crippen LogP contribution in [0.25, 0.3) is 10.9 Å². The van der Waals surface area contributed by atoms with E-state index in [2.05, 4.69) is 20.3 Å². The average Bonchev–Trinajstić information content (AvgIpc) is 3.41. The van der Waals surface area contributed by atoms with Gasteiger partial charge in [-0.05, 0) is 37.1 Å². The molecular weight excluding hydrogens is 390 g/mol. The van der Waals surface area contributed by atoms with Gasteiger partial charge in [0.05, 0.1) is 12.7 Å². The largest absolute Gasteiger partial charge is 0.361 e. The molecule has 3 aromatic rings. The number of carbonyl (C=O) groups is 1. The third-order valence-corrected chi connectivity index (χ3v) is 5.94. The summed E-state index contributed by atoms with van der Waals surface area (Å²) in [6.45, 7) is -0.667. The normalized spacial score (nSPS) is 19.2. The predicted octanol–water partition coefficient (Wildman–Crippen LogP) is 4.06. The topological polar surface area (TPSA) is 77.2 Å². The number of carbonyl (C=O) groups excluding carboxylic acids is 1. The monoisotopic (exact) mass is 412 g/mol. The van der Waals surface area contributed by atoms with Gasteiger partial charge in [-0.2, -0.15) is 13.8 Å². The SMILES string of the molecule is CN1C(=O)C(F)(F)CN(C2CCCC2)c2nc(Nc3ccc4[nH]ccc4c3)ncc21. The highest BCUT2D eigenvalue weighted by Gasteiger charge is 2.48. The van der Waals surface area contributed by atoms with E-state index in [0.717, 1.165) is 47.2 Å². The highest BCUT2D eigenvalue weighted by molar-refractivity contribution is 6.02. The zero-order valence-corrected chi connectivity index (χ0v) is 16.5. The van der Waals surface area contributed by atoms with Gasteiger partial charge in [0, 0.05) is 35.9 Å². The quantitative estimate of drug-likeness (QED) is 0.678. The smallest absolute Gasteiger partial charge is 0.342 e. The number of aromatic amines is 1. The van der Waals surface area contributed by atoms with Crippen LogP contribution in [0.2, 0.25) is 0 Å². The Kier molecular flexibility index (Phi) is 4.34. The molecule has 0 unspecified atom stereocenters. The van der Waals surface area contributed by atoms with Crippen LogP contribution >= 0.6 is 0 Å². The van der Waals surface area contributed by atoms with Crippen LogP contribution < -0.4 is 15.1 Å². The summed E-state index contributed by atoms with van der Waals surface area (Å²) in [7, 11) is 1.35. The number of rotatable bonds is 3. The first kappa shape index (κ1) is 18.8. The van der Waals surface area contributed by atoms with Crippen LogP contribution in [0.1, 0.15) is 25.7 Å². The van der Waals surface area contributed by atoms with Gasteiger partial charge in [-0.25, -0.2) is 4.98 Å². The Bertz CT molecular complexity index is 1110. The van der Waals surface area contributed by atoms with Crippen molar-refractivity contribution in [2.75, 3.05) is 28.7 Å². The van der Waals surface area contributed by atoms with Gasteiger partial charge in [-0.3, -0.25) is 4.79 Å². The molecule has 1 aromatic carbocycles. The molecule has 2 aliphatic rings. The zero-order chi connectivity index (χ0) is 20.9. The molecule has 3 heterocycles. The highest BCUT2D eigenvalue weighted by atomic mass is 19.3. The van der Waals surface area contributed by atoms with Gasteiger partial charge in [-0.1, -0.05) is 12.8 Å². The molecule has 0 spiro atoms. The molecule has 0 saturated heterocycles. The Hall–Kier alpha value is -3.23. The number of anilines is 4. The van der Waals surface area contributed by atoms with Crippen molar-refractivity contribution >= 4 is 40.0 Å². The number of benzene rings is 1. The molecule has 1 saturated carbocycles. The minimum absolute atomic E-state index is 0.0621. The van der Waals surface area contributed by atoms with Crippen LogP contribution in [0.5, 0.6) is 0 Å². The second-order valence-corrected chi connectivity index (χ2v) is 7.94. The van der Waals surface area contributed by atoms with Crippen molar-refractivity contribution < 1.29 is 13.6 Å². The van der Waals surface area contributed by atoms with E-state index in [1.807, 2.05) is 30.5 Å². The van der Waals surface area contributed by atoms with Crippen molar-refractivity contribution in [1.29, 1.82) is 0 Å². The van der Waals surface area contributed by atoms with Gasteiger partial charge >= 0.3 is 5.92 Å². The Morgan fingerprint density at radius 3 is 2.83 bits per heavy atom. The fourth-order valence-electron chi connectivity index (χ4n) is 4.36. The summed E-state index contributed by atoms with van der Waals surface area (Å²) in [5.74, 6) is -4.04. The lowest BCUT2D eigenvalue weighted by Crippen LogP contribution is -2.48. The van der Waals surface area contributed by atoms with E-state index in [9.17, 15) is 13.6 Å². The summed E-state index contributed by atoms with van der Waals surface area (Å²) in [6.07, 6.45) is 6.90. The van der Waals surface area contributed by atoms with Crippen LogP contribution in [0.3, 0.4) is 0 Å². The fraction of sp³-hybridized carbons (Fsp3) is 0.381. The van der Waals surface area contributed by atoms with E-state index in [1.165, 1.54) is 13.2 Å². The van der Waals surface area contributed by atoms with Crippen LogP contribution in [-0.2, 0) is 4.79 Å². The maximum Gasteiger partial charge on any atom is 0.342 e. The number of nitrogens with zero attached hydrogens (tertiary/aromatic N) is 4. The summed E-state index contributed by atoms with van der Waals surface area (Å²) in [6, 6.07) is 7.70. The van der Waals surface area contributed by atoms with Crippen LogP contribution in [0, 0.1) is 0 Å². The molecule has 0 bridgehead atoms. The minimum atomic E-state index is -3.48. The van der Waals surface area contributed by atoms with E-state index in [4.69, 9.17) is 0 Å². The molecule has 0 atom stereocenters. The molecule has 1 amide bonds. The first-order chi connectivity index (χ1) is 14.4. The Morgan fingerprint density at radius 2 is 2.03 bits per heavy atom. The highest BCUT2D eigenvalue weighted by Crippen LogP contribution is 2.39. The van der Waals surface area contributed by atoms with Crippen molar-refractivity contribution in [3.8, 4) is 0 Å². The maximum absolute atomic E-state index is 14.6. The van der Waals surface area contributed by atoms with Crippen molar-refractivity contribution in [2.24, 2.45) is 0 Å². The lowest BCUT2D eigenvalue weighted by molar-refractivity contribution is -0.140. The van der Waals surface area contributed by atoms with Gasteiger partial charge in [0.15, 0.2) is 5.82 Å². The molecule has 5 rings (SSSR count). The van der Waals surface area contributed by atoms with Crippen molar-refractivity contribution in [2.45, 2.75) is 37.6 Å². The summed E-state index contributed by atoms with van der Waals surface area (Å²) in [5, 5.41) is 4.20. The van der Waals surface area contributed by atoms with E-state index >= 15 is 0 Å². The van der Waals surface area contributed by atoms with Gasteiger partial charge in [0.25, 0.3) is 5.91 Å². The number of amides is 1. The van der Waals surface area contributed by atoms with Crippen LogP contribution in [-0.4, -0.2) is 46.4 Å². The lowest BCUT2D eigenvalue weighted by atomic mass is 10.2.